The molecule has 0 aliphatic carbocycles. The van der Waals surface area contributed by atoms with Gasteiger partial charge in [-0.3, -0.25) is 23.2 Å². The van der Waals surface area contributed by atoms with Gasteiger partial charge in [-0.2, -0.15) is 25.3 Å². The molecular weight excluding hydrogens is 1080 g/mol. The lowest BCUT2D eigenvalue weighted by atomic mass is 9.93. The minimum absolute atomic E-state index is 0.860. The number of hydrogen-bond donors (Lipinski definition) is 16. The van der Waals surface area contributed by atoms with E-state index in [2.05, 4.69) is 23.2 Å². The highest BCUT2D eigenvalue weighted by atomic mass is 32.3. The molecule has 39 heteroatoms. The summed E-state index contributed by atoms with van der Waals surface area (Å²) in [5.74, 6) is -1.96. The number of nitrogens with one attached hydrogen (secondary N) is 2. The monoisotopic (exact) mass is 1130 g/mol. The molecule has 0 saturated carbocycles. The van der Waals surface area contributed by atoms with E-state index in [1.807, 2.05) is 0 Å². The number of aliphatic hydroxyl groups is 11. The number of rotatable bonds is 20. The third kappa shape index (κ3) is 15.9. The summed E-state index contributed by atoms with van der Waals surface area (Å²) in [6.45, 7) is -2.18. The van der Waals surface area contributed by atoms with Crippen LogP contribution in [0.2, 0.25) is 0 Å². The van der Waals surface area contributed by atoms with Crippen molar-refractivity contribution in [2.75, 3.05) is 26.4 Å². The topological polar surface area (TPSA) is 555 Å². The maximum absolute atomic E-state index is 13.0. The molecule has 5 rings (SSSR count). The van der Waals surface area contributed by atoms with Gasteiger partial charge in [0.2, 0.25) is 11.8 Å². The maximum atomic E-state index is 13.0. The molecule has 2 amide bonds. The lowest BCUT2D eigenvalue weighted by Gasteiger charge is -2.52. The van der Waals surface area contributed by atoms with Crippen LogP contribution >= 0.6 is 0 Å². The van der Waals surface area contributed by atoms with E-state index in [9.17, 15) is 105 Å². The molecule has 5 heterocycles. The predicted molar refractivity (Wildman–Crippen MR) is 220 cm³/mol. The Morgan fingerprint density at radius 3 is 1.37 bits per heavy atom. The summed E-state index contributed by atoms with van der Waals surface area (Å²) >= 11 is 0. The second kappa shape index (κ2) is 25.0. The predicted octanol–water partition coefficient (Wildman–Crippen LogP) is -11.1. The van der Waals surface area contributed by atoms with Gasteiger partial charge in [0.05, 0.1) is 32.5 Å². The van der Waals surface area contributed by atoms with Gasteiger partial charge in [-0.15, -0.1) is 0 Å². The summed E-state index contributed by atoms with van der Waals surface area (Å²) in [6, 6.07) is -3.94. The van der Waals surface area contributed by atoms with Gasteiger partial charge in [-0.1, -0.05) is 0 Å². The number of carbonyl (C=O) groups is 2. The number of ether oxygens (including phenoxy) is 9. The number of aliphatic hydroxyl groups excluding tert-OH is 11. The molecule has 0 radical (unpaired) electrons. The van der Waals surface area contributed by atoms with Crippen molar-refractivity contribution in [3.05, 3.63) is 0 Å². The van der Waals surface area contributed by atoms with Crippen molar-refractivity contribution in [1.82, 2.24) is 10.6 Å². The van der Waals surface area contributed by atoms with E-state index in [0.29, 0.717) is 0 Å². The maximum Gasteiger partial charge on any atom is 0.397 e. The van der Waals surface area contributed by atoms with E-state index in [0.717, 1.165) is 13.8 Å². The zero-order valence-corrected chi connectivity index (χ0v) is 40.4. The third-order valence-corrected chi connectivity index (χ3v) is 13.0. The molecule has 25 atom stereocenters. The summed E-state index contributed by atoms with van der Waals surface area (Å²) in [5, 5.41) is 124. The van der Waals surface area contributed by atoms with Crippen molar-refractivity contribution in [2.45, 2.75) is 174 Å². The van der Waals surface area contributed by atoms with Gasteiger partial charge < -0.3 is 109 Å². The number of hydrogen-bond acceptors (Lipinski definition) is 31. The van der Waals surface area contributed by atoms with Gasteiger partial charge in [0, 0.05) is 13.8 Å². The van der Waals surface area contributed by atoms with Crippen LogP contribution in [0.15, 0.2) is 0 Å². The van der Waals surface area contributed by atoms with Crippen LogP contribution in [0, 0.1) is 0 Å². The Morgan fingerprint density at radius 1 is 0.438 bits per heavy atom. The number of amides is 2. The number of carbonyl (C=O) groups excluding carboxylic acids is 2. The summed E-state index contributed by atoms with van der Waals surface area (Å²) in [4.78, 5) is 25.0. The minimum atomic E-state index is -5.49. The first kappa shape index (κ1) is 61.6. The van der Waals surface area contributed by atoms with Crippen molar-refractivity contribution in [1.29, 1.82) is 0 Å². The van der Waals surface area contributed by atoms with E-state index < -0.39 is 223 Å². The first-order valence-corrected chi connectivity index (χ1v) is 25.5. The molecular formula is C34H58N2O34S3. The van der Waals surface area contributed by atoms with Crippen LogP contribution < -0.4 is 10.6 Å². The van der Waals surface area contributed by atoms with Crippen molar-refractivity contribution in [2.24, 2.45) is 0 Å². The Bertz CT molecular complexity index is 2180. The van der Waals surface area contributed by atoms with Gasteiger partial charge in [0.1, 0.15) is 116 Å². The highest BCUT2D eigenvalue weighted by Gasteiger charge is 2.58. The molecule has 0 aromatic rings. The molecule has 5 saturated heterocycles. The normalized spacial score (nSPS) is 44.0. The first-order valence-electron chi connectivity index (χ1n) is 21.4. The Labute approximate surface area is 413 Å². The van der Waals surface area contributed by atoms with Crippen molar-refractivity contribution < 1.29 is 160 Å². The molecule has 426 valence electrons. The Kier molecular flexibility index (Phi) is 21.1. The van der Waals surface area contributed by atoms with Crippen molar-refractivity contribution in [3.63, 3.8) is 0 Å². The summed E-state index contributed by atoms with van der Waals surface area (Å²) in [6.07, 6.45) is -49.5. The van der Waals surface area contributed by atoms with E-state index in [1.54, 1.807) is 0 Å². The molecule has 5 aliphatic rings. The van der Waals surface area contributed by atoms with Crippen LogP contribution in [-0.2, 0) is 96.0 Å². The fourth-order valence-electron chi connectivity index (χ4n) is 8.19. The average molecular weight is 1140 g/mol. The van der Waals surface area contributed by atoms with Gasteiger partial charge in [-0.25, -0.2) is 12.5 Å². The van der Waals surface area contributed by atoms with E-state index in [4.69, 9.17) is 42.6 Å². The summed E-state index contributed by atoms with van der Waals surface area (Å²) in [7, 11) is -16.2. The second-order valence-electron chi connectivity index (χ2n) is 17.0. The second-order valence-corrected chi connectivity index (χ2v) is 20.3. The molecule has 16 N–H and O–H groups in total. The highest BCUT2D eigenvalue weighted by molar-refractivity contribution is 7.81. The molecule has 5 fully saturated rings. The zero-order valence-electron chi connectivity index (χ0n) is 37.9. The minimum Gasteiger partial charge on any atom is -0.394 e. The summed E-state index contributed by atoms with van der Waals surface area (Å²) in [5.41, 5.74) is 0. The molecule has 36 nitrogen and oxygen atoms in total. The highest BCUT2D eigenvalue weighted by Crippen LogP contribution is 2.37. The molecule has 5 aliphatic heterocycles. The molecule has 0 spiro atoms. The lowest BCUT2D eigenvalue weighted by molar-refractivity contribution is -0.389. The fraction of sp³-hybridized carbons (Fsp3) is 0.941. The summed E-state index contributed by atoms with van der Waals surface area (Å²) < 4.78 is 163. The Morgan fingerprint density at radius 2 is 0.849 bits per heavy atom. The standard InChI is InChI=1S/C34H58N2O34S3/c1-8-17(40)21(44)23(46)32(62-8)69-28-16(36-10(3)39)31(66-14(7-61-73(56,57)58)27(28)68-33-24(47)22(45)18(41)11(4-37)64-33)70-29-19(42)12(5-59-71(50,51)52)65-34(25(29)48)67-26-13(6-60-72(53,54)55)63-30(49)15(20(26)43)35-9(2)38/h8,11-34,37,40-49H,4-7H2,1-3H3,(H,35,38)(H,36,39)(H,50,51,52)(H,53,54,55)(H,56,57,58)/t8-,11+,12+,13+,14+,15+,16+,17+,18-,19-,20+,21+,22-,23-,24+,25+,26+,27+,28+,29-,30?,31-,32-,33-,34-/m0/s1. The van der Waals surface area contributed by atoms with Crippen LogP contribution in [0.5, 0.6) is 0 Å². The van der Waals surface area contributed by atoms with Gasteiger partial charge in [0.15, 0.2) is 31.5 Å². The molecule has 73 heavy (non-hydrogen) atoms. The quantitative estimate of drug-likeness (QED) is 0.0503. The molecule has 1 unspecified atom stereocenters. The van der Waals surface area contributed by atoms with Crippen LogP contribution in [0.3, 0.4) is 0 Å². The van der Waals surface area contributed by atoms with Crippen LogP contribution in [0.25, 0.3) is 0 Å². The molecule has 0 aromatic carbocycles. The Hall–Kier alpha value is -2.25. The fourth-order valence-corrected chi connectivity index (χ4v) is 9.11. The van der Waals surface area contributed by atoms with Crippen LogP contribution in [0.1, 0.15) is 20.8 Å². The molecule has 0 bridgehead atoms. The van der Waals surface area contributed by atoms with Crippen molar-refractivity contribution in [3.8, 4) is 0 Å². The third-order valence-electron chi connectivity index (χ3n) is 11.7. The van der Waals surface area contributed by atoms with E-state index in [1.165, 1.54) is 6.92 Å². The van der Waals surface area contributed by atoms with Gasteiger partial charge in [-0.05, 0) is 6.92 Å². The van der Waals surface area contributed by atoms with Gasteiger partial charge >= 0.3 is 31.2 Å². The van der Waals surface area contributed by atoms with Crippen LogP contribution in [-0.4, -0.2) is 287 Å². The van der Waals surface area contributed by atoms with E-state index >= 15 is 0 Å². The van der Waals surface area contributed by atoms with Gasteiger partial charge in [0.25, 0.3) is 0 Å². The van der Waals surface area contributed by atoms with E-state index in [-0.39, 0.29) is 0 Å². The zero-order chi connectivity index (χ0) is 54.8. The first-order chi connectivity index (χ1) is 33.7. The molecule has 0 aromatic heterocycles. The Balaban J connectivity index is 1.62. The largest absolute Gasteiger partial charge is 0.397 e. The van der Waals surface area contributed by atoms with Crippen LogP contribution in [0.4, 0.5) is 0 Å². The van der Waals surface area contributed by atoms with Crippen molar-refractivity contribution >= 4 is 43.0 Å². The lowest BCUT2D eigenvalue weighted by Crippen LogP contribution is -2.71. The smallest absolute Gasteiger partial charge is 0.394 e. The SMILES string of the molecule is CC(=O)N[C@H]1[C@H](O[C@H]2[C@@H](O)[C@@H](COS(=O)(=O)O)O[C@@H](O[C@H]3[C@H](O)[C@@H](NC(C)=O)C(O)O[C@@H]3COS(=O)(=O)O)[C@@H]2O)O[C@H](COS(=O)(=O)O)[C@@H](O[C@@H]2O[C@H](CO)[C@H](O)[C@H](O)[C@H]2O)[C@@H]1O[C@@H]1O[C@@H](C)[C@@H](O)[C@@H](O)[C@@H]1O. The average Bonchev–Trinajstić information content (AvgIpc) is 3.28.